The van der Waals surface area contributed by atoms with Gasteiger partial charge in [0.15, 0.2) is 11.3 Å². The second kappa shape index (κ2) is 10.2. The average Bonchev–Trinajstić information content (AvgIpc) is 3.38. The molecular weight excluding hydrogens is 514 g/mol. The molecule has 0 radical (unpaired) electrons. The molecule has 5 aromatic rings. The Morgan fingerprint density at radius 2 is 2.00 bits per heavy atom. The third kappa shape index (κ3) is 5.07. The molecule has 0 aliphatic heterocycles. The van der Waals surface area contributed by atoms with E-state index in [0.717, 1.165) is 11.6 Å². The summed E-state index contributed by atoms with van der Waals surface area (Å²) < 4.78 is 19.0. The summed E-state index contributed by atoms with van der Waals surface area (Å²) in [5, 5.41) is 2.05. The largest absolute Gasteiger partial charge is 0.419 e. The molecule has 0 saturated heterocycles. The maximum atomic E-state index is 12.5. The molecule has 13 heteroatoms. The molecule has 10 nitrogen and oxygen atoms in total. The summed E-state index contributed by atoms with van der Waals surface area (Å²) in [6.45, 7) is 0.274. The van der Waals surface area contributed by atoms with E-state index >= 15 is 0 Å². The van der Waals surface area contributed by atoms with E-state index < -0.39 is 16.8 Å². The maximum absolute atomic E-state index is 12.5. The van der Waals surface area contributed by atoms with Gasteiger partial charge < -0.3 is 20.5 Å². The van der Waals surface area contributed by atoms with Crippen molar-refractivity contribution < 1.29 is 18.4 Å². The van der Waals surface area contributed by atoms with Gasteiger partial charge in [-0.25, -0.2) is 19.2 Å². The van der Waals surface area contributed by atoms with Crippen molar-refractivity contribution in [2.45, 2.75) is 6.54 Å². The number of benzene rings is 2. The fourth-order valence-corrected chi connectivity index (χ4v) is 3.60. The van der Waals surface area contributed by atoms with Crippen molar-refractivity contribution in [2.24, 2.45) is 7.05 Å². The number of amides is 1. The lowest BCUT2D eigenvalue weighted by Gasteiger charge is -2.06. The quantitative estimate of drug-likeness (QED) is 0.299. The van der Waals surface area contributed by atoms with Crippen LogP contribution in [0.15, 0.2) is 58.1 Å². The van der Waals surface area contributed by atoms with Crippen molar-refractivity contribution in [3.8, 4) is 0 Å². The van der Waals surface area contributed by atoms with Crippen LogP contribution in [0.4, 0.5) is 10.1 Å². The molecule has 1 amide bonds. The van der Waals surface area contributed by atoms with E-state index in [1.54, 1.807) is 31.4 Å². The standard InChI is InChI=1S/C16H14N6O3.C7H3Cl2FO/c1-22-10-4-8(2-3-11(10)25-16(22)24)5-19-15(23)14-13-12(20-7-21-14)9(17)6-18-13;8-5-3-4(7(9)11)1-2-6(5)10/h2-4,6-7,18H,5,17H2,1H3,(H,19,23);1-3H. The van der Waals surface area contributed by atoms with Gasteiger partial charge in [0.2, 0.25) is 0 Å². The lowest BCUT2D eigenvalue weighted by Crippen LogP contribution is -2.24. The number of rotatable bonds is 4. The molecule has 36 heavy (non-hydrogen) atoms. The number of anilines is 1. The molecule has 0 fully saturated rings. The Kier molecular flexibility index (Phi) is 7.04. The molecular formula is C23H17Cl2FN6O4. The van der Waals surface area contributed by atoms with E-state index in [0.29, 0.717) is 27.8 Å². The van der Waals surface area contributed by atoms with Gasteiger partial charge in [0.05, 0.1) is 21.7 Å². The number of carbonyl (C=O) groups excluding carboxylic acids is 2. The van der Waals surface area contributed by atoms with Crippen molar-refractivity contribution in [3.63, 3.8) is 0 Å². The Morgan fingerprint density at radius 1 is 1.22 bits per heavy atom. The average molecular weight is 531 g/mol. The van der Waals surface area contributed by atoms with Gasteiger partial charge in [-0.2, -0.15) is 0 Å². The number of nitrogens with zero attached hydrogens (tertiary/aromatic N) is 3. The molecule has 0 atom stereocenters. The SMILES string of the molecule is Cn1c(=O)oc2ccc(CNC(=O)c3ncnc4c(N)c[nH]c34)cc21.O=C(Cl)c1ccc(F)c(Cl)c1. The maximum Gasteiger partial charge on any atom is 0.419 e. The Morgan fingerprint density at radius 3 is 2.72 bits per heavy atom. The summed E-state index contributed by atoms with van der Waals surface area (Å²) in [7, 11) is 1.63. The second-order valence-corrected chi connectivity index (χ2v) is 8.25. The summed E-state index contributed by atoms with van der Waals surface area (Å²) in [6.07, 6.45) is 2.87. The van der Waals surface area contributed by atoms with Gasteiger partial charge in [-0.3, -0.25) is 14.2 Å². The van der Waals surface area contributed by atoms with Crippen LogP contribution in [0.1, 0.15) is 26.4 Å². The van der Waals surface area contributed by atoms with E-state index in [1.807, 2.05) is 0 Å². The lowest BCUT2D eigenvalue weighted by molar-refractivity contribution is 0.0947. The van der Waals surface area contributed by atoms with Crippen LogP contribution in [0.3, 0.4) is 0 Å². The first kappa shape index (κ1) is 24.9. The minimum atomic E-state index is -0.646. The number of hydrogen-bond donors (Lipinski definition) is 3. The molecule has 5 rings (SSSR count). The summed E-state index contributed by atoms with van der Waals surface area (Å²) in [5.74, 6) is -1.34. The number of oxazole rings is 1. The lowest BCUT2D eigenvalue weighted by atomic mass is 10.2. The van der Waals surface area contributed by atoms with Crippen molar-refractivity contribution in [3.05, 3.63) is 87.1 Å². The van der Waals surface area contributed by atoms with Crippen molar-refractivity contribution >= 4 is 62.2 Å². The van der Waals surface area contributed by atoms with Crippen LogP contribution in [0.5, 0.6) is 0 Å². The molecule has 184 valence electrons. The molecule has 0 saturated carbocycles. The molecule has 0 unspecified atom stereocenters. The highest BCUT2D eigenvalue weighted by Crippen LogP contribution is 2.20. The van der Waals surface area contributed by atoms with Crippen molar-refractivity contribution in [1.82, 2.24) is 24.8 Å². The fraction of sp³-hybridized carbons (Fsp3) is 0.0870. The smallest absolute Gasteiger partial charge is 0.408 e. The van der Waals surface area contributed by atoms with Crippen LogP contribution < -0.4 is 16.8 Å². The summed E-state index contributed by atoms with van der Waals surface area (Å²) >= 11 is 10.5. The minimum absolute atomic E-state index is 0.100. The van der Waals surface area contributed by atoms with Gasteiger partial charge >= 0.3 is 5.76 Å². The van der Waals surface area contributed by atoms with Crippen molar-refractivity contribution in [2.75, 3.05) is 5.73 Å². The number of aromatic amines is 1. The number of aromatic nitrogens is 4. The molecule has 3 heterocycles. The number of H-pyrrole nitrogens is 1. The van der Waals surface area contributed by atoms with Gasteiger partial charge in [0.25, 0.3) is 11.1 Å². The number of nitrogens with two attached hydrogens (primary N) is 1. The zero-order valence-corrected chi connectivity index (χ0v) is 20.0. The number of aryl methyl sites for hydroxylation is 1. The number of nitrogen functional groups attached to an aromatic ring is 1. The van der Waals surface area contributed by atoms with Crippen LogP contribution in [0.2, 0.25) is 5.02 Å². The van der Waals surface area contributed by atoms with E-state index in [9.17, 15) is 18.8 Å². The van der Waals surface area contributed by atoms with Crippen LogP contribution in [-0.2, 0) is 13.6 Å². The predicted octanol–water partition coefficient (Wildman–Crippen LogP) is 3.77. The first-order valence-electron chi connectivity index (χ1n) is 10.2. The first-order chi connectivity index (χ1) is 17.2. The van der Waals surface area contributed by atoms with Crippen molar-refractivity contribution in [1.29, 1.82) is 0 Å². The van der Waals surface area contributed by atoms with E-state index in [4.69, 9.17) is 33.4 Å². The molecule has 0 aliphatic carbocycles. The highest BCUT2D eigenvalue weighted by atomic mass is 35.5. The van der Waals surface area contributed by atoms with Crippen LogP contribution in [0, 0.1) is 5.82 Å². The van der Waals surface area contributed by atoms with Crippen LogP contribution >= 0.6 is 23.2 Å². The highest BCUT2D eigenvalue weighted by molar-refractivity contribution is 6.67. The topological polar surface area (TPSA) is 149 Å². The molecule has 0 aliphatic rings. The Balaban J connectivity index is 0.000000233. The Labute approximate surface area is 211 Å². The zero-order chi connectivity index (χ0) is 26.0. The predicted molar refractivity (Wildman–Crippen MR) is 133 cm³/mol. The van der Waals surface area contributed by atoms with Crippen LogP contribution in [0.25, 0.3) is 22.1 Å². The number of carbonyl (C=O) groups is 2. The van der Waals surface area contributed by atoms with Gasteiger partial charge in [-0.15, -0.1) is 0 Å². The minimum Gasteiger partial charge on any atom is -0.408 e. The third-order valence-electron chi connectivity index (χ3n) is 5.16. The monoisotopic (exact) mass is 530 g/mol. The summed E-state index contributed by atoms with van der Waals surface area (Å²) in [4.78, 5) is 45.5. The van der Waals surface area contributed by atoms with Gasteiger partial charge in [0.1, 0.15) is 17.7 Å². The Bertz CT molecular complexity index is 1680. The zero-order valence-electron chi connectivity index (χ0n) is 18.5. The Hall–Kier alpha value is -4.22. The number of nitrogens with one attached hydrogen (secondary N) is 2. The van der Waals surface area contributed by atoms with E-state index in [2.05, 4.69) is 20.3 Å². The second-order valence-electron chi connectivity index (χ2n) is 7.50. The van der Waals surface area contributed by atoms with Gasteiger partial charge in [0, 0.05) is 25.4 Å². The number of fused-ring (bicyclic) bond motifs is 2. The summed E-state index contributed by atoms with van der Waals surface area (Å²) in [5.41, 5.74) is 9.65. The van der Waals surface area contributed by atoms with Crippen LogP contribution in [-0.4, -0.2) is 30.7 Å². The first-order valence-corrected chi connectivity index (χ1v) is 11.0. The number of halogens is 3. The van der Waals surface area contributed by atoms with Gasteiger partial charge in [-0.1, -0.05) is 17.7 Å². The number of hydrogen-bond acceptors (Lipinski definition) is 7. The highest BCUT2D eigenvalue weighted by Gasteiger charge is 2.15. The fourth-order valence-electron chi connectivity index (χ4n) is 3.30. The molecule has 0 bridgehead atoms. The third-order valence-corrected chi connectivity index (χ3v) is 5.67. The molecule has 4 N–H and O–H groups in total. The molecule has 2 aromatic carbocycles. The molecule has 0 spiro atoms. The summed E-state index contributed by atoms with van der Waals surface area (Å²) in [6, 6.07) is 8.84. The molecule has 3 aromatic heterocycles. The van der Waals surface area contributed by atoms with E-state index in [1.165, 1.54) is 23.0 Å². The van der Waals surface area contributed by atoms with E-state index in [-0.39, 0.29) is 28.7 Å². The van der Waals surface area contributed by atoms with Gasteiger partial charge in [-0.05, 0) is 47.5 Å². The normalized spacial score (nSPS) is 10.8.